The highest BCUT2D eigenvalue weighted by Crippen LogP contribution is 2.24. The van der Waals surface area contributed by atoms with E-state index in [9.17, 15) is 20.0 Å². The second-order valence-electron chi connectivity index (χ2n) is 7.33. The smallest absolute Gasteiger partial charge is 0.270 e. The summed E-state index contributed by atoms with van der Waals surface area (Å²) in [6.45, 7) is 2.23. The molecule has 0 spiro atoms. The molecule has 2 rings (SSSR count). The molecule has 0 aliphatic carbocycles. The van der Waals surface area contributed by atoms with E-state index in [4.69, 9.17) is 0 Å². The number of phenols is 1. The summed E-state index contributed by atoms with van der Waals surface area (Å²) < 4.78 is 0. The zero-order chi connectivity index (χ0) is 21.1. The predicted molar refractivity (Wildman–Crippen MR) is 115 cm³/mol. The second kappa shape index (κ2) is 11.8. The van der Waals surface area contributed by atoms with Crippen molar-refractivity contribution in [2.24, 2.45) is 0 Å². The Kier molecular flexibility index (Phi) is 9.15. The van der Waals surface area contributed by atoms with E-state index in [1.54, 1.807) is 0 Å². The minimum Gasteiger partial charge on any atom is -0.507 e. The molecule has 2 aromatic rings. The van der Waals surface area contributed by atoms with Gasteiger partial charge in [0.1, 0.15) is 5.75 Å². The van der Waals surface area contributed by atoms with Gasteiger partial charge in [0.25, 0.3) is 11.6 Å². The van der Waals surface area contributed by atoms with Gasteiger partial charge in [-0.05, 0) is 36.6 Å². The standard InChI is InChI=1S/C23H30N2O4/c1-2-3-4-5-6-7-8-9-10-18-11-13-19(14-12-18)24-23(27)21-17-20(25(28)29)15-16-22(21)26/h11-17,26H,2-10H2,1H3,(H,24,27). The number of benzene rings is 2. The molecule has 0 saturated heterocycles. The first-order valence-corrected chi connectivity index (χ1v) is 10.4. The number of amides is 1. The number of nitrogens with one attached hydrogen (secondary N) is 1. The molecule has 1 amide bonds. The largest absolute Gasteiger partial charge is 0.507 e. The molecule has 2 N–H and O–H groups in total. The van der Waals surface area contributed by atoms with Gasteiger partial charge in [-0.25, -0.2) is 0 Å². The van der Waals surface area contributed by atoms with E-state index >= 15 is 0 Å². The number of aromatic hydroxyl groups is 1. The first-order chi connectivity index (χ1) is 14.0. The Balaban J connectivity index is 1.79. The Labute approximate surface area is 172 Å². The van der Waals surface area contributed by atoms with Gasteiger partial charge in [-0.3, -0.25) is 14.9 Å². The highest BCUT2D eigenvalue weighted by atomic mass is 16.6. The molecule has 0 fully saturated rings. The minimum absolute atomic E-state index is 0.123. The maximum atomic E-state index is 12.3. The Hall–Kier alpha value is -2.89. The zero-order valence-electron chi connectivity index (χ0n) is 17.0. The first-order valence-electron chi connectivity index (χ1n) is 10.4. The average Bonchev–Trinajstić information content (AvgIpc) is 2.71. The number of carbonyl (C=O) groups is 1. The lowest BCUT2D eigenvalue weighted by Crippen LogP contribution is -2.12. The van der Waals surface area contributed by atoms with Crippen LogP contribution in [0.1, 0.15) is 74.2 Å². The second-order valence-corrected chi connectivity index (χ2v) is 7.33. The summed E-state index contributed by atoms with van der Waals surface area (Å²) in [6, 6.07) is 11.0. The third-order valence-corrected chi connectivity index (χ3v) is 4.97. The van der Waals surface area contributed by atoms with Crippen LogP contribution in [0.15, 0.2) is 42.5 Å². The molecule has 6 nitrogen and oxygen atoms in total. The summed E-state index contributed by atoms with van der Waals surface area (Å²) in [4.78, 5) is 22.6. The van der Waals surface area contributed by atoms with Gasteiger partial charge in [-0.15, -0.1) is 0 Å². The SMILES string of the molecule is CCCCCCCCCCc1ccc(NC(=O)c2cc([N+](=O)[O-])ccc2O)cc1. The van der Waals surface area contributed by atoms with Crippen molar-refractivity contribution in [3.05, 3.63) is 63.7 Å². The summed E-state index contributed by atoms with van der Waals surface area (Å²) in [5.74, 6) is -0.874. The fourth-order valence-electron chi connectivity index (χ4n) is 3.24. The number of hydrogen-bond donors (Lipinski definition) is 2. The molecule has 0 saturated carbocycles. The number of nitrogens with zero attached hydrogens (tertiary/aromatic N) is 1. The number of anilines is 1. The van der Waals surface area contributed by atoms with Crippen molar-refractivity contribution in [2.45, 2.75) is 64.7 Å². The number of aryl methyl sites for hydroxylation is 1. The molecule has 0 bridgehead atoms. The van der Waals surface area contributed by atoms with Crippen LogP contribution < -0.4 is 5.32 Å². The molecule has 0 aliphatic rings. The van der Waals surface area contributed by atoms with Gasteiger partial charge < -0.3 is 10.4 Å². The Morgan fingerprint density at radius 3 is 2.21 bits per heavy atom. The molecular formula is C23H30N2O4. The van der Waals surface area contributed by atoms with E-state index in [-0.39, 0.29) is 17.0 Å². The molecular weight excluding hydrogens is 368 g/mol. The Morgan fingerprint density at radius 2 is 1.59 bits per heavy atom. The molecule has 0 heterocycles. The molecule has 2 aromatic carbocycles. The van der Waals surface area contributed by atoms with Crippen LogP contribution in [0.25, 0.3) is 0 Å². The molecule has 0 radical (unpaired) electrons. The number of hydrogen-bond acceptors (Lipinski definition) is 4. The van der Waals surface area contributed by atoms with E-state index < -0.39 is 10.8 Å². The fraction of sp³-hybridized carbons (Fsp3) is 0.435. The van der Waals surface area contributed by atoms with Crippen molar-refractivity contribution >= 4 is 17.3 Å². The topological polar surface area (TPSA) is 92.5 Å². The molecule has 0 atom stereocenters. The molecule has 0 aromatic heterocycles. The van der Waals surface area contributed by atoms with Crippen LogP contribution in [0, 0.1) is 10.1 Å². The van der Waals surface area contributed by atoms with Gasteiger partial charge >= 0.3 is 0 Å². The summed E-state index contributed by atoms with van der Waals surface area (Å²) >= 11 is 0. The van der Waals surface area contributed by atoms with E-state index in [1.165, 1.54) is 50.5 Å². The summed E-state index contributed by atoms with van der Waals surface area (Å²) in [6.07, 6.45) is 11.3. The molecule has 0 aliphatic heterocycles. The number of nitro groups is 1. The zero-order valence-corrected chi connectivity index (χ0v) is 17.0. The van der Waals surface area contributed by atoms with Crippen LogP contribution in [-0.4, -0.2) is 15.9 Å². The maximum Gasteiger partial charge on any atom is 0.270 e. The highest BCUT2D eigenvalue weighted by Gasteiger charge is 2.16. The number of phenolic OH excluding ortho intramolecular Hbond substituents is 1. The van der Waals surface area contributed by atoms with Gasteiger partial charge in [0.2, 0.25) is 0 Å². The van der Waals surface area contributed by atoms with E-state index in [0.717, 1.165) is 31.0 Å². The number of carbonyl (C=O) groups excluding carboxylic acids is 1. The van der Waals surface area contributed by atoms with Crippen molar-refractivity contribution in [3.8, 4) is 5.75 Å². The quantitative estimate of drug-likeness (QED) is 0.251. The Morgan fingerprint density at radius 1 is 0.966 bits per heavy atom. The number of non-ortho nitro benzene ring substituents is 1. The van der Waals surface area contributed by atoms with Crippen molar-refractivity contribution in [1.82, 2.24) is 0 Å². The average molecular weight is 399 g/mol. The van der Waals surface area contributed by atoms with E-state index in [1.807, 2.05) is 24.3 Å². The third kappa shape index (κ3) is 7.56. The number of rotatable bonds is 12. The lowest BCUT2D eigenvalue weighted by atomic mass is 10.0. The van der Waals surface area contributed by atoms with E-state index in [0.29, 0.717) is 5.69 Å². The van der Waals surface area contributed by atoms with Crippen LogP contribution in [0.4, 0.5) is 11.4 Å². The van der Waals surface area contributed by atoms with Gasteiger partial charge in [0.15, 0.2) is 0 Å². The van der Waals surface area contributed by atoms with Crippen molar-refractivity contribution in [2.75, 3.05) is 5.32 Å². The van der Waals surface area contributed by atoms with Crippen LogP contribution in [0.5, 0.6) is 5.75 Å². The molecule has 29 heavy (non-hydrogen) atoms. The van der Waals surface area contributed by atoms with E-state index in [2.05, 4.69) is 12.2 Å². The number of unbranched alkanes of at least 4 members (excludes halogenated alkanes) is 7. The summed E-state index contributed by atoms with van der Waals surface area (Å²) in [7, 11) is 0. The van der Waals surface area contributed by atoms with Gasteiger partial charge in [0.05, 0.1) is 10.5 Å². The summed E-state index contributed by atoms with van der Waals surface area (Å²) in [5, 5.41) is 23.4. The van der Waals surface area contributed by atoms with Gasteiger partial charge in [-0.1, -0.05) is 64.0 Å². The van der Waals surface area contributed by atoms with Crippen molar-refractivity contribution < 1.29 is 14.8 Å². The summed E-state index contributed by atoms with van der Waals surface area (Å²) in [5.41, 5.74) is 1.43. The van der Waals surface area contributed by atoms with Crippen LogP contribution in [0.3, 0.4) is 0 Å². The molecule has 0 unspecified atom stereocenters. The van der Waals surface area contributed by atoms with Crippen molar-refractivity contribution in [3.63, 3.8) is 0 Å². The molecule has 156 valence electrons. The third-order valence-electron chi connectivity index (χ3n) is 4.97. The lowest BCUT2D eigenvalue weighted by molar-refractivity contribution is -0.384. The monoisotopic (exact) mass is 398 g/mol. The van der Waals surface area contributed by atoms with Gasteiger partial charge in [0, 0.05) is 17.8 Å². The van der Waals surface area contributed by atoms with Gasteiger partial charge in [-0.2, -0.15) is 0 Å². The fourth-order valence-corrected chi connectivity index (χ4v) is 3.24. The minimum atomic E-state index is -0.601. The predicted octanol–water partition coefficient (Wildman–Crippen LogP) is 6.24. The lowest BCUT2D eigenvalue weighted by Gasteiger charge is -2.08. The number of nitro benzene ring substituents is 1. The Bertz CT molecular complexity index is 803. The van der Waals surface area contributed by atoms with Crippen molar-refractivity contribution in [1.29, 1.82) is 0 Å². The maximum absolute atomic E-state index is 12.3. The highest BCUT2D eigenvalue weighted by molar-refractivity contribution is 6.06. The van der Waals surface area contributed by atoms with Crippen LogP contribution in [0.2, 0.25) is 0 Å². The normalized spacial score (nSPS) is 10.7. The molecule has 6 heteroatoms. The first kappa shape index (κ1) is 22.4. The van der Waals surface area contributed by atoms with Crippen LogP contribution >= 0.6 is 0 Å². The van der Waals surface area contributed by atoms with Crippen LogP contribution in [-0.2, 0) is 6.42 Å².